The van der Waals surface area contributed by atoms with E-state index in [-0.39, 0.29) is 11.0 Å². The van der Waals surface area contributed by atoms with Gasteiger partial charge in [-0.2, -0.15) is 0 Å². The predicted octanol–water partition coefficient (Wildman–Crippen LogP) is 3.88. The number of carbonyl (C=O) groups excluding carboxylic acids is 2. The number of methoxy groups -OCH3 is 2. The van der Waals surface area contributed by atoms with Crippen LogP contribution in [0.1, 0.15) is 19.4 Å². The van der Waals surface area contributed by atoms with Crippen molar-refractivity contribution in [3.8, 4) is 11.5 Å². The van der Waals surface area contributed by atoms with Gasteiger partial charge in [0.2, 0.25) is 5.24 Å². The monoisotopic (exact) mass is 365 g/mol. The van der Waals surface area contributed by atoms with Gasteiger partial charge in [-0.1, -0.05) is 30.3 Å². The van der Waals surface area contributed by atoms with Gasteiger partial charge in [0.1, 0.15) is 17.3 Å². The summed E-state index contributed by atoms with van der Waals surface area (Å²) in [7, 11) is 3.21. The maximum Gasteiger partial charge on any atom is 0.218 e. The van der Waals surface area contributed by atoms with Gasteiger partial charge in [-0.05, 0) is 36.7 Å². The van der Waals surface area contributed by atoms with Crippen LogP contribution in [0.25, 0.3) is 0 Å². The van der Waals surface area contributed by atoms with Crippen LogP contribution in [-0.2, 0) is 16.0 Å². The number of anilines is 1. The number of benzene rings is 2. The van der Waals surface area contributed by atoms with Crippen LogP contribution in [0.4, 0.5) is 5.69 Å². The SMILES string of the molecule is CC(=O)Cl.COc1ccccc1CC(C)=O.COc1ccccc1N. The molecule has 2 aromatic carbocycles. The average Bonchev–Trinajstić information content (AvgIpc) is 2.55. The molecule has 6 heteroatoms. The Morgan fingerprint density at radius 3 is 1.76 bits per heavy atom. The molecule has 2 aromatic rings. The molecular weight excluding hydrogens is 342 g/mol. The molecule has 0 atom stereocenters. The van der Waals surface area contributed by atoms with Crippen LogP contribution >= 0.6 is 11.6 Å². The maximum absolute atomic E-state index is 10.8. The third-order valence-electron chi connectivity index (χ3n) is 2.77. The van der Waals surface area contributed by atoms with Crippen molar-refractivity contribution < 1.29 is 19.1 Å². The molecule has 0 fully saturated rings. The van der Waals surface area contributed by atoms with E-state index >= 15 is 0 Å². The fourth-order valence-electron chi connectivity index (χ4n) is 1.78. The minimum absolute atomic E-state index is 0.152. The molecule has 2 N–H and O–H groups in total. The maximum atomic E-state index is 10.8. The Labute approximate surface area is 153 Å². The minimum atomic E-state index is -0.361. The van der Waals surface area contributed by atoms with E-state index in [4.69, 9.17) is 15.2 Å². The van der Waals surface area contributed by atoms with Gasteiger partial charge >= 0.3 is 0 Å². The van der Waals surface area contributed by atoms with Crippen LogP contribution < -0.4 is 15.2 Å². The van der Waals surface area contributed by atoms with Crippen molar-refractivity contribution in [2.75, 3.05) is 20.0 Å². The van der Waals surface area contributed by atoms with Gasteiger partial charge in [0.25, 0.3) is 0 Å². The zero-order chi connectivity index (χ0) is 19.2. The molecule has 0 amide bonds. The summed E-state index contributed by atoms with van der Waals surface area (Å²) < 4.78 is 10.0. The molecule has 0 saturated carbocycles. The first kappa shape index (κ1) is 22.5. The highest BCUT2D eigenvalue weighted by atomic mass is 35.5. The molecule has 0 spiro atoms. The lowest BCUT2D eigenvalue weighted by atomic mass is 10.1. The van der Waals surface area contributed by atoms with Crippen molar-refractivity contribution >= 4 is 28.3 Å². The number of ether oxygens (including phenoxy) is 2. The van der Waals surface area contributed by atoms with Gasteiger partial charge in [0.05, 0.1) is 19.9 Å². The molecule has 136 valence electrons. The first-order chi connectivity index (χ1) is 11.8. The fraction of sp³-hybridized carbons (Fsp3) is 0.263. The fourth-order valence-corrected chi connectivity index (χ4v) is 1.78. The molecule has 0 aliphatic heterocycles. The smallest absolute Gasteiger partial charge is 0.218 e. The highest BCUT2D eigenvalue weighted by Gasteiger charge is 2.02. The van der Waals surface area contributed by atoms with Crippen LogP contribution in [0.2, 0.25) is 0 Å². The minimum Gasteiger partial charge on any atom is -0.496 e. The Kier molecular flexibility index (Phi) is 11.5. The Hall–Kier alpha value is -2.53. The summed E-state index contributed by atoms with van der Waals surface area (Å²) in [5.41, 5.74) is 7.14. The molecule has 0 saturated heterocycles. The third kappa shape index (κ3) is 10.8. The molecule has 0 aliphatic carbocycles. The summed E-state index contributed by atoms with van der Waals surface area (Å²) in [5, 5.41) is -0.361. The largest absolute Gasteiger partial charge is 0.496 e. The van der Waals surface area contributed by atoms with Crippen molar-refractivity contribution in [2.45, 2.75) is 20.3 Å². The number of Topliss-reactive ketones (excluding diaryl/α,β-unsaturated/α-hetero) is 1. The van der Waals surface area contributed by atoms with Crippen molar-refractivity contribution in [1.82, 2.24) is 0 Å². The van der Waals surface area contributed by atoms with Crippen LogP contribution in [0.5, 0.6) is 11.5 Å². The second kappa shape index (κ2) is 12.8. The topological polar surface area (TPSA) is 78.6 Å². The number of nitrogen functional groups attached to an aromatic ring is 1. The second-order valence-corrected chi connectivity index (χ2v) is 5.44. The van der Waals surface area contributed by atoms with Crippen molar-refractivity contribution in [3.05, 3.63) is 54.1 Å². The molecule has 0 radical (unpaired) electrons. The lowest BCUT2D eigenvalue weighted by Crippen LogP contribution is -1.98. The number of rotatable bonds is 4. The van der Waals surface area contributed by atoms with Gasteiger partial charge in [-0.3, -0.25) is 9.59 Å². The Morgan fingerprint density at radius 2 is 1.36 bits per heavy atom. The van der Waals surface area contributed by atoms with Crippen LogP contribution in [-0.4, -0.2) is 25.2 Å². The normalized spacial score (nSPS) is 8.84. The number of ketones is 1. The zero-order valence-corrected chi connectivity index (χ0v) is 15.7. The van der Waals surface area contributed by atoms with Gasteiger partial charge in [0.15, 0.2) is 0 Å². The number of nitrogens with two attached hydrogens (primary N) is 1. The zero-order valence-electron chi connectivity index (χ0n) is 14.9. The van der Waals surface area contributed by atoms with E-state index in [1.807, 2.05) is 42.5 Å². The van der Waals surface area contributed by atoms with E-state index in [1.165, 1.54) is 6.92 Å². The first-order valence-corrected chi connectivity index (χ1v) is 7.85. The Morgan fingerprint density at radius 1 is 0.920 bits per heavy atom. The summed E-state index contributed by atoms with van der Waals surface area (Å²) in [6.45, 7) is 2.87. The lowest BCUT2D eigenvalue weighted by Gasteiger charge is -2.05. The van der Waals surface area contributed by atoms with E-state index in [9.17, 15) is 9.59 Å². The van der Waals surface area contributed by atoms with Crippen molar-refractivity contribution in [3.63, 3.8) is 0 Å². The quantitative estimate of drug-likeness (QED) is 0.657. The summed E-state index contributed by atoms with van der Waals surface area (Å²) in [5.74, 6) is 1.67. The van der Waals surface area contributed by atoms with Crippen LogP contribution in [0, 0.1) is 0 Å². The molecule has 0 aromatic heterocycles. The summed E-state index contributed by atoms with van der Waals surface area (Å²) >= 11 is 4.64. The van der Waals surface area contributed by atoms with Gasteiger partial charge in [0, 0.05) is 18.9 Å². The highest BCUT2D eigenvalue weighted by molar-refractivity contribution is 6.62. The third-order valence-corrected chi connectivity index (χ3v) is 2.77. The number of para-hydroxylation sites is 3. The number of hydrogen-bond acceptors (Lipinski definition) is 5. The molecule has 0 aliphatic rings. The highest BCUT2D eigenvalue weighted by Crippen LogP contribution is 2.18. The Bertz CT molecular complexity index is 670. The molecule has 0 bridgehead atoms. The number of halogens is 1. The standard InChI is InChI=1S/C10H12O2.C7H9NO.C2H3ClO/c1-8(11)7-9-5-3-4-6-10(9)12-2;1-9-7-5-3-2-4-6(7)8;1-2(3)4/h3-6H,7H2,1-2H3;2-5H,8H2,1H3;1H3. The van der Waals surface area contributed by atoms with E-state index in [1.54, 1.807) is 27.2 Å². The van der Waals surface area contributed by atoms with Crippen molar-refractivity contribution in [1.29, 1.82) is 0 Å². The summed E-state index contributed by atoms with van der Waals surface area (Å²) in [6.07, 6.45) is 0.448. The molecular formula is C19H24ClNO4. The van der Waals surface area contributed by atoms with Crippen molar-refractivity contribution in [2.24, 2.45) is 0 Å². The summed E-state index contributed by atoms with van der Waals surface area (Å²) in [6, 6.07) is 14.9. The number of hydrogen-bond donors (Lipinski definition) is 1. The van der Waals surface area contributed by atoms with E-state index in [0.29, 0.717) is 12.1 Å². The molecule has 25 heavy (non-hydrogen) atoms. The second-order valence-electron chi connectivity index (χ2n) is 4.90. The van der Waals surface area contributed by atoms with Gasteiger partial charge in [-0.15, -0.1) is 0 Å². The number of carbonyl (C=O) groups is 2. The average molecular weight is 366 g/mol. The van der Waals surface area contributed by atoms with Gasteiger partial charge < -0.3 is 15.2 Å². The van der Waals surface area contributed by atoms with Gasteiger partial charge in [-0.25, -0.2) is 0 Å². The molecule has 0 heterocycles. The summed E-state index contributed by atoms with van der Waals surface area (Å²) in [4.78, 5) is 20.0. The van der Waals surface area contributed by atoms with Crippen LogP contribution in [0.3, 0.4) is 0 Å². The molecule has 5 nitrogen and oxygen atoms in total. The van der Waals surface area contributed by atoms with Crippen LogP contribution in [0.15, 0.2) is 48.5 Å². The lowest BCUT2D eigenvalue weighted by molar-refractivity contribution is -0.116. The molecule has 0 unspecified atom stereocenters. The van der Waals surface area contributed by atoms with E-state index in [0.717, 1.165) is 17.1 Å². The van der Waals surface area contributed by atoms with E-state index in [2.05, 4.69) is 11.6 Å². The first-order valence-electron chi connectivity index (χ1n) is 7.47. The van der Waals surface area contributed by atoms with E-state index < -0.39 is 0 Å². The Balaban J connectivity index is 0.000000391. The predicted molar refractivity (Wildman–Crippen MR) is 101 cm³/mol. The molecule has 2 rings (SSSR count).